The first kappa shape index (κ1) is 20.7. The molecular formula is C25H33N3O2. The Morgan fingerprint density at radius 1 is 0.967 bits per heavy atom. The zero-order chi connectivity index (χ0) is 20.9. The zero-order valence-corrected chi connectivity index (χ0v) is 18.2. The standard InChI is InChI=1S/C25H33N3O2/c1-20(29)28-19-21(22-10-3-4-11-23(22)28)9-7-8-14-26-15-17-27(18-16-26)24-12-5-6-13-25(24)30-2/h3-6,10-13,21H,7-9,14-19H2,1-2H3. The monoisotopic (exact) mass is 407 g/mol. The summed E-state index contributed by atoms with van der Waals surface area (Å²) in [5.41, 5.74) is 3.66. The smallest absolute Gasteiger partial charge is 0.223 e. The van der Waals surface area contributed by atoms with Crippen molar-refractivity contribution >= 4 is 17.3 Å². The molecular weight excluding hydrogens is 374 g/mol. The fraction of sp³-hybridized carbons (Fsp3) is 0.480. The highest BCUT2D eigenvalue weighted by molar-refractivity contribution is 5.94. The minimum Gasteiger partial charge on any atom is -0.495 e. The maximum absolute atomic E-state index is 12.0. The molecule has 5 nitrogen and oxygen atoms in total. The van der Waals surface area contributed by atoms with Gasteiger partial charge in [-0.25, -0.2) is 0 Å². The molecule has 0 spiro atoms. The van der Waals surface area contributed by atoms with Crippen LogP contribution >= 0.6 is 0 Å². The van der Waals surface area contributed by atoms with Gasteiger partial charge in [-0.1, -0.05) is 36.8 Å². The quantitative estimate of drug-likeness (QED) is 0.647. The van der Waals surface area contributed by atoms with Crippen molar-refractivity contribution in [2.24, 2.45) is 0 Å². The second-order valence-corrected chi connectivity index (χ2v) is 8.38. The van der Waals surface area contributed by atoms with Crippen LogP contribution in [0.4, 0.5) is 11.4 Å². The number of piperazine rings is 1. The van der Waals surface area contributed by atoms with Crippen LogP contribution in [-0.4, -0.2) is 57.2 Å². The number of benzene rings is 2. The van der Waals surface area contributed by atoms with Crippen LogP contribution in [0.1, 0.15) is 37.7 Å². The summed E-state index contributed by atoms with van der Waals surface area (Å²) in [6.45, 7) is 7.96. The van der Waals surface area contributed by atoms with Crippen molar-refractivity contribution in [1.29, 1.82) is 0 Å². The number of para-hydroxylation sites is 3. The molecule has 0 radical (unpaired) electrons. The molecule has 2 aliphatic heterocycles. The second kappa shape index (κ2) is 9.52. The van der Waals surface area contributed by atoms with Crippen molar-refractivity contribution in [3.05, 3.63) is 54.1 Å². The van der Waals surface area contributed by atoms with Crippen molar-refractivity contribution in [1.82, 2.24) is 4.90 Å². The lowest BCUT2D eigenvalue weighted by Gasteiger charge is -2.36. The Morgan fingerprint density at radius 2 is 1.67 bits per heavy atom. The summed E-state index contributed by atoms with van der Waals surface area (Å²) in [7, 11) is 1.74. The Hall–Kier alpha value is -2.53. The number of anilines is 2. The first-order chi connectivity index (χ1) is 14.7. The molecule has 5 heteroatoms. The third-order valence-electron chi connectivity index (χ3n) is 6.53. The lowest BCUT2D eigenvalue weighted by atomic mass is 9.95. The lowest BCUT2D eigenvalue weighted by molar-refractivity contribution is -0.116. The molecule has 0 aromatic heterocycles. The van der Waals surface area contributed by atoms with Crippen molar-refractivity contribution in [2.45, 2.75) is 32.1 Å². The maximum atomic E-state index is 12.0. The third kappa shape index (κ3) is 4.46. The van der Waals surface area contributed by atoms with E-state index in [4.69, 9.17) is 4.74 Å². The van der Waals surface area contributed by atoms with Crippen molar-refractivity contribution in [3.8, 4) is 5.75 Å². The number of ether oxygens (including phenoxy) is 1. The summed E-state index contributed by atoms with van der Waals surface area (Å²) in [6, 6.07) is 16.7. The number of rotatable bonds is 7. The molecule has 2 aromatic rings. The molecule has 1 saturated heterocycles. The van der Waals surface area contributed by atoms with Gasteiger partial charge in [-0.15, -0.1) is 0 Å². The van der Waals surface area contributed by atoms with E-state index in [2.05, 4.69) is 40.1 Å². The number of carbonyl (C=O) groups is 1. The molecule has 1 amide bonds. The first-order valence-electron chi connectivity index (χ1n) is 11.1. The van der Waals surface area contributed by atoms with Crippen LogP contribution in [0, 0.1) is 0 Å². The number of unbranched alkanes of at least 4 members (excludes halogenated alkanes) is 1. The van der Waals surface area contributed by atoms with Gasteiger partial charge in [-0.05, 0) is 43.1 Å². The topological polar surface area (TPSA) is 36.0 Å². The Bertz CT molecular complexity index is 861. The van der Waals surface area contributed by atoms with Crippen LogP contribution in [0.25, 0.3) is 0 Å². The Kier molecular flexibility index (Phi) is 6.58. The third-order valence-corrected chi connectivity index (χ3v) is 6.53. The summed E-state index contributed by atoms with van der Waals surface area (Å²) in [4.78, 5) is 18.9. The summed E-state index contributed by atoms with van der Waals surface area (Å²) in [6.07, 6.45) is 3.58. The van der Waals surface area contributed by atoms with Gasteiger partial charge in [0.15, 0.2) is 0 Å². The summed E-state index contributed by atoms with van der Waals surface area (Å²) >= 11 is 0. The SMILES string of the molecule is COc1ccccc1N1CCN(CCCCC2CN(C(C)=O)c3ccccc32)CC1. The van der Waals surface area contributed by atoms with Gasteiger partial charge in [0.2, 0.25) is 5.91 Å². The number of nitrogens with zero attached hydrogens (tertiary/aromatic N) is 3. The van der Waals surface area contributed by atoms with E-state index in [-0.39, 0.29) is 5.91 Å². The molecule has 2 aliphatic rings. The molecule has 30 heavy (non-hydrogen) atoms. The number of hydrogen-bond acceptors (Lipinski definition) is 4. The Balaban J connectivity index is 1.22. The average Bonchev–Trinajstić information content (AvgIpc) is 3.16. The number of carbonyl (C=O) groups excluding carboxylic acids is 1. The van der Waals surface area contributed by atoms with Gasteiger partial charge in [-0.3, -0.25) is 9.69 Å². The highest BCUT2D eigenvalue weighted by Gasteiger charge is 2.30. The average molecular weight is 408 g/mol. The molecule has 2 aromatic carbocycles. The van der Waals surface area contributed by atoms with Gasteiger partial charge in [0.1, 0.15) is 5.75 Å². The van der Waals surface area contributed by atoms with E-state index in [1.807, 2.05) is 23.1 Å². The van der Waals surface area contributed by atoms with E-state index in [1.165, 1.54) is 24.1 Å². The van der Waals surface area contributed by atoms with Crippen molar-refractivity contribution < 1.29 is 9.53 Å². The van der Waals surface area contributed by atoms with E-state index in [0.717, 1.165) is 57.1 Å². The van der Waals surface area contributed by atoms with Crippen LogP contribution in [0.2, 0.25) is 0 Å². The first-order valence-corrected chi connectivity index (χ1v) is 11.1. The van der Waals surface area contributed by atoms with E-state index in [9.17, 15) is 4.79 Å². The van der Waals surface area contributed by atoms with Gasteiger partial charge in [0, 0.05) is 51.3 Å². The minimum atomic E-state index is 0.151. The molecule has 0 aliphatic carbocycles. The fourth-order valence-electron chi connectivity index (χ4n) is 4.87. The number of hydrogen-bond donors (Lipinski definition) is 0. The van der Waals surface area contributed by atoms with Gasteiger partial charge in [0.25, 0.3) is 0 Å². The fourth-order valence-corrected chi connectivity index (χ4v) is 4.87. The summed E-state index contributed by atoms with van der Waals surface area (Å²) < 4.78 is 5.52. The highest BCUT2D eigenvalue weighted by Crippen LogP contribution is 2.38. The highest BCUT2D eigenvalue weighted by atomic mass is 16.5. The van der Waals surface area contributed by atoms with Crippen LogP contribution in [0.15, 0.2) is 48.5 Å². The largest absolute Gasteiger partial charge is 0.495 e. The summed E-state index contributed by atoms with van der Waals surface area (Å²) in [5, 5.41) is 0. The van der Waals surface area contributed by atoms with Gasteiger partial charge in [-0.2, -0.15) is 0 Å². The molecule has 1 atom stereocenters. The van der Waals surface area contributed by atoms with Gasteiger partial charge in [0.05, 0.1) is 12.8 Å². The van der Waals surface area contributed by atoms with Gasteiger partial charge >= 0.3 is 0 Å². The zero-order valence-electron chi connectivity index (χ0n) is 18.2. The van der Waals surface area contributed by atoms with Crippen LogP contribution in [-0.2, 0) is 4.79 Å². The van der Waals surface area contributed by atoms with Crippen molar-refractivity contribution in [3.63, 3.8) is 0 Å². The number of fused-ring (bicyclic) bond motifs is 1. The molecule has 0 saturated carbocycles. The normalized spacial score (nSPS) is 19.1. The molecule has 4 rings (SSSR count). The molecule has 160 valence electrons. The minimum absolute atomic E-state index is 0.151. The molecule has 0 bridgehead atoms. The van der Waals surface area contributed by atoms with Gasteiger partial charge < -0.3 is 14.5 Å². The van der Waals surface area contributed by atoms with E-state index < -0.39 is 0 Å². The molecule has 1 fully saturated rings. The lowest BCUT2D eigenvalue weighted by Crippen LogP contribution is -2.46. The molecule has 2 heterocycles. The second-order valence-electron chi connectivity index (χ2n) is 8.38. The molecule has 0 N–H and O–H groups in total. The van der Waals surface area contributed by atoms with E-state index >= 15 is 0 Å². The maximum Gasteiger partial charge on any atom is 0.223 e. The predicted molar refractivity (Wildman–Crippen MR) is 123 cm³/mol. The Morgan fingerprint density at radius 3 is 2.40 bits per heavy atom. The van der Waals surface area contributed by atoms with E-state index in [1.54, 1.807) is 14.0 Å². The van der Waals surface area contributed by atoms with Crippen LogP contribution in [0.5, 0.6) is 5.75 Å². The van der Waals surface area contributed by atoms with Crippen molar-refractivity contribution in [2.75, 3.05) is 56.2 Å². The predicted octanol–water partition coefficient (Wildman–Crippen LogP) is 4.14. The van der Waals surface area contributed by atoms with Crippen LogP contribution in [0.3, 0.4) is 0 Å². The van der Waals surface area contributed by atoms with E-state index in [0.29, 0.717) is 5.92 Å². The number of methoxy groups -OCH3 is 1. The van der Waals surface area contributed by atoms with Crippen LogP contribution < -0.4 is 14.5 Å². The number of amides is 1. The Labute approximate surface area is 180 Å². The summed E-state index contributed by atoms with van der Waals surface area (Å²) in [5.74, 6) is 1.59. The molecule has 1 unspecified atom stereocenters.